The molecule has 2 aliphatic rings. The zero-order chi connectivity index (χ0) is 12.6. The van der Waals surface area contributed by atoms with E-state index >= 15 is 0 Å². The monoisotopic (exact) mass is 261 g/mol. The van der Waals surface area contributed by atoms with Gasteiger partial charge in [-0.15, -0.1) is 0 Å². The first-order chi connectivity index (χ1) is 7.94. The Kier molecular flexibility index (Phi) is 3.77. The van der Waals surface area contributed by atoms with E-state index in [2.05, 4.69) is 5.32 Å². The van der Waals surface area contributed by atoms with Gasteiger partial charge >= 0.3 is 0 Å². The van der Waals surface area contributed by atoms with Crippen molar-refractivity contribution in [2.45, 2.75) is 38.8 Å². The first-order valence-corrected chi connectivity index (χ1v) is 7.80. The molecule has 0 saturated carbocycles. The molecular formula is C11H23N3O2S. The van der Waals surface area contributed by atoms with Crippen LogP contribution in [0.2, 0.25) is 0 Å². The van der Waals surface area contributed by atoms with Gasteiger partial charge in [0, 0.05) is 32.2 Å². The fourth-order valence-corrected chi connectivity index (χ4v) is 4.56. The van der Waals surface area contributed by atoms with Gasteiger partial charge in [0.1, 0.15) is 0 Å². The molecule has 100 valence electrons. The summed E-state index contributed by atoms with van der Waals surface area (Å²) >= 11 is 0. The smallest absolute Gasteiger partial charge is 0.282 e. The van der Waals surface area contributed by atoms with Crippen LogP contribution in [-0.2, 0) is 10.2 Å². The fourth-order valence-electron chi connectivity index (χ4n) is 2.74. The summed E-state index contributed by atoms with van der Waals surface area (Å²) in [6, 6.07) is 0.171. The average Bonchev–Trinajstić information content (AvgIpc) is 2.75. The van der Waals surface area contributed by atoms with Gasteiger partial charge in [-0.1, -0.05) is 0 Å². The van der Waals surface area contributed by atoms with Crippen LogP contribution < -0.4 is 5.32 Å². The van der Waals surface area contributed by atoms with Crippen LogP contribution >= 0.6 is 0 Å². The van der Waals surface area contributed by atoms with Crippen molar-refractivity contribution in [3.63, 3.8) is 0 Å². The van der Waals surface area contributed by atoms with Gasteiger partial charge in [0.05, 0.1) is 0 Å². The van der Waals surface area contributed by atoms with Gasteiger partial charge in [0.2, 0.25) is 0 Å². The number of piperidine rings is 1. The Morgan fingerprint density at radius 3 is 2.71 bits per heavy atom. The quantitative estimate of drug-likeness (QED) is 0.792. The second kappa shape index (κ2) is 4.84. The molecule has 0 aliphatic carbocycles. The molecule has 2 saturated heterocycles. The van der Waals surface area contributed by atoms with Crippen molar-refractivity contribution in [1.82, 2.24) is 13.9 Å². The molecule has 6 heteroatoms. The third-order valence-electron chi connectivity index (χ3n) is 4.01. The van der Waals surface area contributed by atoms with E-state index in [-0.39, 0.29) is 12.1 Å². The van der Waals surface area contributed by atoms with E-state index in [0.717, 1.165) is 25.9 Å². The SMILES string of the molecule is CC(C)N(C)S(=O)(=O)N1CCCC2CNCC21. The Morgan fingerprint density at radius 2 is 2.06 bits per heavy atom. The first kappa shape index (κ1) is 13.3. The topological polar surface area (TPSA) is 52.7 Å². The molecule has 0 aromatic heterocycles. The molecule has 0 radical (unpaired) electrons. The first-order valence-electron chi connectivity index (χ1n) is 6.40. The highest BCUT2D eigenvalue weighted by molar-refractivity contribution is 7.86. The lowest BCUT2D eigenvalue weighted by molar-refractivity contribution is 0.201. The van der Waals surface area contributed by atoms with E-state index < -0.39 is 10.2 Å². The number of nitrogens with one attached hydrogen (secondary N) is 1. The maximum Gasteiger partial charge on any atom is 0.282 e. The third-order valence-corrected chi connectivity index (χ3v) is 6.21. The standard InChI is InChI=1S/C11H23N3O2S/c1-9(2)13(3)17(15,16)14-6-4-5-10-7-12-8-11(10)14/h9-12H,4-8H2,1-3H3. The van der Waals surface area contributed by atoms with Crippen LogP contribution in [0.15, 0.2) is 0 Å². The predicted molar refractivity (Wildman–Crippen MR) is 67.9 cm³/mol. The van der Waals surface area contributed by atoms with Crippen LogP contribution in [0.25, 0.3) is 0 Å². The second-order valence-corrected chi connectivity index (χ2v) is 7.30. The van der Waals surface area contributed by atoms with Gasteiger partial charge in [0.15, 0.2) is 0 Å². The molecule has 2 atom stereocenters. The summed E-state index contributed by atoms with van der Waals surface area (Å²) in [5.74, 6) is 0.499. The molecule has 0 aromatic carbocycles. The summed E-state index contributed by atoms with van der Waals surface area (Å²) < 4.78 is 28.2. The van der Waals surface area contributed by atoms with Crippen molar-refractivity contribution >= 4 is 10.2 Å². The lowest BCUT2D eigenvalue weighted by Crippen LogP contribution is -2.54. The van der Waals surface area contributed by atoms with Crippen molar-refractivity contribution in [3.8, 4) is 0 Å². The number of hydrogen-bond acceptors (Lipinski definition) is 3. The zero-order valence-corrected chi connectivity index (χ0v) is 11.7. The molecule has 0 spiro atoms. The molecule has 2 rings (SSSR count). The van der Waals surface area contributed by atoms with Crippen LogP contribution in [0, 0.1) is 5.92 Å². The molecule has 2 unspecified atom stereocenters. The molecular weight excluding hydrogens is 238 g/mol. The van der Waals surface area contributed by atoms with Gasteiger partial charge in [-0.05, 0) is 39.2 Å². The molecule has 0 aromatic rings. The van der Waals surface area contributed by atoms with Crippen LogP contribution in [0.5, 0.6) is 0 Å². The maximum atomic E-state index is 12.5. The van der Waals surface area contributed by atoms with Crippen molar-refractivity contribution in [3.05, 3.63) is 0 Å². The Morgan fingerprint density at radius 1 is 1.35 bits per heavy atom. The van der Waals surface area contributed by atoms with E-state index in [4.69, 9.17) is 0 Å². The van der Waals surface area contributed by atoms with Crippen molar-refractivity contribution in [1.29, 1.82) is 0 Å². The average molecular weight is 261 g/mol. The van der Waals surface area contributed by atoms with Crippen molar-refractivity contribution < 1.29 is 8.42 Å². The highest BCUT2D eigenvalue weighted by Crippen LogP contribution is 2.29. The lowest BCUT2D eigenvalue weighted by atomic mass is 9.94. The maximum absolute atomic E-state index is 12.5. The Bertz CT molecular complexity index is 369. The summed E-state index contributed by atoms with van der Waals surface area (Å²) in [6.45, 7) is 6.25. The van der Waals surface area contributed by atoms with Gasteiger partial charge in [-0.2, -0.15) is 17.0 Å². The number of fused-ring (bicyclic) bond motifs is 1. The van der Waals surface area contributed by atoms with E-state index in [1.165, 1.54) is 4.31 Å². The van der Waals surface area contributed by atoms with E-state index in [9.17, 15) is 8.42 Å². The molecule has 2 aliphatic heterocycles. The fraction of sp³-hybridized carbons (Fsp3) is 1.00. The molecule has 5 nitrogen and oxygen atoms in total. The van der Waals surface area contributed by atoms with Gasteiger partial charge in [0.25, 0.3) is 10.2 Å². The van der Waals surface area contributed by atoms with Crippen LogP contribution in [-0.4, -0.2) is 55.8 Å². The largest absolute Gasteiger partial charge is 0.315 e. The second-order valence-electron chi connectivity index (χ2n) is 5.36. The highest BCUT2D eigenvalue weighted by atomic mass is 32.2. The normalized spacial score (nSPS) is 31.1. The Hall–Kier alpha value is -0.170. The number of rotatable bonds is 3. The molecule has 2 heterocycles. The molecule has 1 N–H and O–H groups in total. The zero-order valence-electron chi connectivity index (χ0n) is 10.9. The molecule has 0 amide bonds. The van der Waals surface area contributed by atoms with E-state index in [0.29, 0.717) is 12.5 Å². The highest BCUT2D eigenvalue weighted by Gasteiger charge is 2.42. The summed E-state index contributed by atoms with van der Waals surface area (Å²) in [6.07, 6.45) is 2.13. The predicted octanol–water partition coefficient (Wildman–Crippen LogP) is 0.255. The number of nitrogens with zero attached hydrogens (tertiary/aromatic N) is 2. The summed E-state index contributed by atoms with van der Waals surface area (Å²) in [5, 5.41) is 3.31. The van der Waals surface area contributed by atoms with Crippen LogP contribution in [0.3, 0.4) is 0 Å². The minimum Gasteiger partial charge on any atom is -0.315 e. The summed E-state index contributed by atoms with van der Waals surface area (Å²) in [5.41, 5.74) is 0. The minimum absolute atomic E-state index is 0.00902. The van der Waals surface area contributed by atoms with Gasteiger partial charge in [-0.25, -0.2) is 0 Å². The Balaban J connectivity index is 2.20. The van der Waals surface area contributed by atoms with E-state index in [1.54, 1.807) is 11.4 Å². The lowest BCUT2D eigenvalue weighted by Gasteiger charge is -2.38. The summed E-state index contributed by atoms with van der Waals surface area (Å²) in [7, 11) is -1.62. The Labute approximate surface area is 104 Å². The molecule has 2 fully saturated rings. The van der Waals surface area contributed by atoms with E-state index in [1.807, 2.05) is 13.8 Å². The minimum atomic E-state index is -3.29. The molecule has 0 bridgehead atoms. The van der Waals surface area contributed by atoms with Gasteiger partial charge < -0.3 is 5.32 Å². The van der Waals surface area contributed by atoms with Crippen molar-refractivity contribution in [2.75, 3.05) is 26.7 Å². The van der Waals surface area contributed by atoms with Crippen LogP contribution in [0.4, 0.5) is 0 Å². The third kappa shape index (κ3) is 2.36. The summed E-state index contributed by atoms with van der Waals surface area (Å²) in [4.78, 5) is 0. The number of hydrogen-bond donors (Lipinski definition) is 1. The van der Waals surface area contributed by atoms with Gasteiger partial charge in [-0.3, -0.25) is 0 Å². The van der Waals surface area contributed by atoms with Crippen LogP contribution in [0.1, 0.15) is 26.7 Å². The van der Waals surface area contributed by atoms with Crippen molar-refractivity contribution in [2.24, 2.45) is 5.92 Å². The molecule has 17 heavy (non-hydrogen) atoms.